The van der Waals surface area contributed by atoms with Crippen LogP contribution in [0.2, 0.25) is 0 Å². The van der Waals surface area contributed by atoms with Gasteiger partial charge in [0.25, 0.3) is 0 Å². The average Bonchev–Trinajstić information content (AvgIpc) is 1.87. The highest BCUT2D eigenvalue weighted by atomic mass is 32.2. The highest BCUT2D eigenvalue weighted by molar-refractivity contribution is 8.15. The average molecular weight is 164 g/mol. The zero-order chi connectivity index (χ0) is 7.28. The molecule has 0 aromatic carbocycles. The minimum Gasteiger partial charge on any atom is -0.287 e. The van der Waals surface area contributed by atoms with Gasteiger partial charge in [0.2, 0.25) is 0 Å². The van der Waals surface area contributed by atoms with Crippen molar-refractivity contribution in [1.29, 1.82) is 0 Å². The van der Waals surface area contributed by atoms with Gasteiger partial charge in [-0.2, -0.15) is 0 Å². The summed E-state index contributed by atoms with van der Waals surface area (Å²) in [4.78, 5) is 21.0. The summed E-state index contributed by atoms with van der Waals surface area (Å²) in [6, 6.07) is 0. The first-order chi connectivity index (χ1) is 4.20. The molecule has 0 radical (unpaired) electrons. The molecule has 0 aliphatic carbocycles. The van der Waals surface area contributed by atoms with Crippen molar-refractivity contribution in [2.45, 2.75) is 6.42 Å². The van der Waals surface area contributed by atoms with Crippen molar-refractivity contribution in [2.75, 3.05) is 12.5 Å². The number of carbonyl (C=O) groups excluding carboxylic acids is 2. The van der Waals surface area contributed by atoms with Crippen molar-refractivity contribution in [2.24, 2.45) is 0 Å². The molecule has 0 rings (SSSR count). The molecule has 0 unspecified atom stereocenters. The molecule has 0 spiro atoms. The maximum atomic E-state index is 10.5. The Balaban J connectivity index is 3.47. The summed E-state index contributed by atoms with van der Waals surface area (Å²) in [5.41, 5.74) is 0. The lowest BCUT2D eigenvalue weighted by atomic mass is 10.5. The highest BCUT2D eigenvalue weighted by Crippen LogP contribution is 2.05. The molecule has 0 saturated carbocycles. The van der Waals surface area contributed by atoms with Crippen molar-refractivity contribution < 1.29 is 9.59 Å². The third-order valence-corrected chi connectivity index (χ3v) is 1.94. The lowest BCUT2D eigenvalue weighted by molar-refractivity contribution is -0.117. The van der Waals surface area contributed by atoms with Crippen LogP contribution in [0.4, 0.5) is 0 Å². The van der Waals surface area contributed by atoms with Crippen LogP contribution < -0.4 is 0 Å². The summed E-state index contributed by atoms with van der Waals surface area (Å²) >= 11 is 2.19. The van der Waals surface area contributed by atoms with Crippen LogP contribution in [0.15, 0.2) is 0 Å². The molecule has 0 N–H and O–H groups in total. The Morgan fingerprint density at radius 2 is 1.44 bits per heavy atom. The largest absolute Gasteiger partial charge is 0.287 e. The van der Waals surface area contributed by atoms with E-state index in [1.165, 1.54) is 0 Å². The Hall–Kier alpha value is 0.0400. The van der Waals surface area contributed by atoms with Crippen LogP contribution in [0.3, 0.4) is 0 Å². The van der Waals surface area contributed by atoms with Gasteiger partial charge < -0.3 is 0 Å². The van der Waals surface area contributed by atoms with Crippen LogP contribution in [0.5, 0.6) is 0 Å². The van der Waals surface area contributed by atoms with E-state index in [0.717, 1.165) is 23.5 Å². The standard InChI is InChI=1S/C5H8O2S2/c1-8-4(6)3-5(7)9-2/h3H2,1-2H3. The van der Waals surface area contributed by atoms with Crippen LogP contribution in [0, 0.1) is 0 Å². The summed E-state index contributed by atoms with van der Waals surface area (Å²) in [6.07, 6.45) is 3.41. The van der Waals surface area contributed by atoms with E-state index in [-0.39, 0.29) is 16.7 Å². The molecule has 0 fully saturated rings. The molecule has 0 bridgehead atoms. The first-order valence-electron chi connectivity index (χ1n) is 2.34. The zero-order valence-corrected chi connectivity index (χ0v) is 6.97. The molecule has 0 atom stereocenters. The molecule has 0 aromatic rings. The summed E-state index contributed by atoms with van der Waals surface area (Å²) in [5, 5.41) is -0.122. The molecule has 0 amide bonds. The topological polar surface area (TPSA) is 34.1 Å². The summed E-state index contributed by atoms with van der Waals surface area (Å²) in [6.45, 7) is 0. The van der Waals surface area contributed by atoms with E-state index >= 15 is 0 Å². The van der Waals surface area contributed by atoms with Crippen LogP contribution in [-0.2, 0) is 9.59 Å². The van der Waals surface area contributed by atoms with Crippen LogP contribution in [0.1, 0.15) is 6.42 Å². The van der Waals surface area contributed by atoms with Gasteiger partial charge >= 0.3 is 0 Å². The van der Waals surface area contributed by atoms with Crippen molar-refractivity contribution in [3.05, 3.63) is 0 Å². The predicted octanol–water partition coefficient (Wildman–Crippen LogP) is 1.16. The molecule has 2 nitrogen and oxygen atoms in total. The van der Waals surface area contributed by atoms with E-state index in [1.54, 1.807) is 12.5 Å². The first-order valence-corrected chi connectivity index (χ1v) is 4.79. The Morgan fingerprint density at radius 3 is 1.67 bits per heavy atom. The van der Waals surface area contributed by atoms with E-state index in [9.17, 15) is 9.59 Å². The normalized spacial score (nSPS) is 9.11. The van der Waals surface area contributed by atoms with Crippen molar-refractivity contribution in [3.63, 3.8) is 0 Å². The second-order valence-corrected chi connectivity index (χ2v) is 3.06. The Labute approximate surface area is 62.8 Å². The number of hydrogen-bond acceptors (Lipinski definition) is 4. The fourth-order valence-corrected chi connectivity index (χ4v) is 0.904. The maximum absolute atomic E-state index is 10.5. The van der Waals surface area contributed by atoms with E-state index in [0.29, 0.717) is 0 Å². The minimum absolute atomic E-state index is 0.0579. The predicted molar refractivity (Wildman–Crippen MR) is 41.7 cm³/mol. The fraction of sp³-hybridized carbons (Fsp3) is 0.600. The van der Waals surface area contributed by atoms with Gasteiger partial charge in [-0.25, -0.2) is 0 Å². The molecule has 0 aliphatic heterocycles. The van der Waals surface area contributed by atoms with Crippen LogP contribution >= 0.6 is 23.5 Å². The zero-order valence-electron chi connectivity index (χ0n) is 5.34. The van der Waals surface area contributed by atoms with Crippen molar-refractivity contribution in [1.82, 2.24) is 0 Å². The van der Waals surface area contributed by atoms with Crippen LogP contribution in [-0.4, -0.2) is 22.7 Å². The molecule has 4 heteroatoms. The minimum atomic E-state index is -0.0608. The number of carbonyl (C=O) groups is 2. The fourth-order valence-electron chi connectivity index (χ4n) is 0.262. The van der Waals surface area contributed by atoms with Gasteiger partial charge in [0, 0.05) is 0 Å². The van der Waals surface area contributed by atoms with Crippen molar-refractivity contribution in [3.8, 4) is 0 Å². The lowest BCUT2D eigenvalue weighted by Gasteiger charge is -1.90. The second kappa shape index (κ2) is 4.88. The number of rotatable bonds is 2. The van der Waals surface area contributed by atoms with Gasteiger partial charge in [0.1, 0.15) is 0 Å². The summed E-state index contributed by atoms with van der Waals surface area (Å²) < 4.78 is 0. The molecular weight excluding hydrogens is 156 g/mol. The van der Waals surface area contributed by atoms with Gasteiger partial charge in [-0.1, -0.05) is 23.5 Å². The second-order valence-electron chi connectivity index (χ2n) is 1.33. The monoisotopic (exact) mass is 164 g/mol. The van der Waals surface area contributed by atoms with E-state index in [1.807, 2.05) is 0 Å². The van der Waals surface area contributed by atoms with Gasteiger partial charge in [0.15, 0.2) is 10.2 Å². The molecular formula is C5H8O2S2. The lowest BCUT2D eigenvalue weighted by Crippen LogP contribution is -1.98. The van der Waals surface area contributed by atoms with Crippen molar-refractivity contribution >= 4 is 33.8 Å². The highest BCUT2D eigenvalue weighted by Gasteiger charge is 2.05. The third-order valence-electron chi connectivity index (χ3n) is 0.744. The Kier molecular flexibility index (Phi) is 4.90. The van der Waals surface area contributed by atoms with Gasteiger partial charge in [-0.3, -0.25) is 9.59 Å². The van der Waals surface area contributed by atoms with Gasteiger partial charge in [0.05, 0.1) is 6.42 Å². The number of thioether (sulfide) groups is 2. The first kappa shape index (κ1) is 9.04. The molecule has 0 saturated heterocycles. The molecule has 0 heterocycles. The van der Waals surface area contributed by atoms with Crippen LogP contribution in [0.25, 0.3) is 0 Å². The quantitative estimate of drug-likeness (QED) is 0.573. The summed E-state index contributed by atoms with van der Waals surface area (Å²) in [7, 11) is 0. The number of hydrogen-bond donors (Lipinski definition) is 0. The van der Waals surface area contributed by atoms with Gasteiger partial charge in [-0.15, -0.1) is 0 Å². The smallest absolute Gasteiger partial charge is 0.196 e. The molecule has 9 heavy (non-hydrogen) atoms. The molecule has 52 valence electrons. The Morgan fingerprint density at radius 1 is 1.11 bits per heavy atom. The third kappa shape index (κ3) is 4.54. The Bertz CT molecular complexity index is 108. The van der Waals surface area contributed by atoms with E-state index in [4.69, 9.17) is 0 Å². The molecule has 0 aromatic heterocycles. The van der Waals surface area contributed by atoms with E-state index in [2.05, 4.69) is 0 Å². The summed E-state index contributed by atoms with van der Waals surface area (Å²) in [5.74, 6) is 0. The van der Waals surface area contributed by atoms with Gasteiger partial charge in [-0.05, 0) is 12.5 Å². The SMILES string of the molecule is CSC(=O)CC(=O)SC. The van der Waals surface area contributed by atoms with E-state index < -0.39 is 0 Å². The maximum Gasteiger partial charge on any atom is 0.196 e. The molecule has 0 aliphatic rings.